The van der Waals surface area contributed by atoms with E-state index in [1.54, 1.807) is 7.05 Å². The smallest absolute Gasteiger partial charge is 0.258 e. The first-order valence-corrected chi connectivity index (χ1v) is 6.63. The molecule has 0 saturated heterocycles. The molecule has 21 heavy (non-hydrogen) atoms. The van der Waals surface area contributed by atoms with Gasteiger partial charge in [0.2, 0.25) is 5.95 Å². The lowest BCUT2D eigenvalue weighted by Crippen LogP contribution is -2.31. The summed E-state index contributed by atoms with van der Waals surface area (Å²) in [6.07, 6.45) is 1.31. The summed E-state index contributed by atoms with van der Waals surface area (Å²) in [5.74, 6) is -0.420. The molecule has 0 fully saturated rings. The highest BCUT2D eigenvalue weighted by molar-refractivity contribution is 5.93. The van der Waals surface area contributed by atoms with Crippen LogP contribution >= 0.6 is 0 Å². The largest absolute Gasteiger partial charge is 0.492 e. The van der Waals surface area contributed by atoms with Crippen molar-refractivity contribution in [3.8, 4) is 5.75 Å². The number of aryl methyl sites for hydroxylation is 1. The number of pyridine rings is 1. The summed E-state index contributed by atoms with van der Waals surface area (Å²) < 4.78 is 19.0. The first kappa shape index (κ1) is 15.0. The number of nitrogens with zero attached hydrogens (tertiary/aromatic N) is 2. The van der Waals surface area contributed by atoms with Crippen LogP contribution in [0.1, 0.15) is 15.9 Å². The number of carbonyl (C=O) groups is 1. The fourth-order valence-corrected chi connectivity index (χ4v) is 1.79. The van der Waals surface area contributed by atoms with Crippen LogP contribution in [0.5, 0.6) is 5.75 Å². The Morgan fingerprint density at radius 3 is 2.67 bits per heavy atom. The van der Waals surface area contributed by atoms with E-state index in [0.717, 1.165) is 11.3 Å². The van der Waals surface area contributed by atoms with Gasteiger partial charge in [0.25, 0.3) is 5.91 Å². The minimum Gasteiger partial charge on any atom is -0.492 e. The van der Waals surface area contributed by atoms with Crippen LogP contribution in [0.3, 0.4) is 0 Å². The summed E-state index contributed by atoms with van der Waals surface area (Å²) in [6.45, 7) is 2.70. The average molecular weight is 288 g/mol. The van der Waals surface area contributed by atoms with Gasteiger partial charge in [-0.2, -0.15) is 4.39 Å². The Hall–Kier alpha value is -2.43. The van der Waals surface area contributed by atoms with Crippen molar-refractivity contribution in [1.82, 2.24) is 9.88 Å². The van der Waals surface area contributed by atoms with Gasteiger partial charge < -0.3 is 9.64 Å². The Balaban J connectivity index is 1.87. The molecule has 2 aromatic rings. The van der Waals surface area contributed by atoms with E-state index in [2.05, 4.69) is 4.98 Å². The number of benzene rings is 1. The van der Waals surface area contributed by atoms with E-state index >= 15 is 0 Å². The Morgan fingerprint density at radius 2 is 2.00 bits per heavy atom. The summed E-state index contributed by atoms with van der Waals surface area (Å²) >= 11 is 0. The molecule has 0 radical (unpaired) electrons. The third-order valence-electron chi connectivity index (χ3n) is 3.05. The van der Waals surface area contributed by atoms with Crippen molar-refractivity contribution in [3.05, 3.63) is 59.7 Å². The maximum absolute atomic E-state index is 13.4. The fraction of sp³-hybridized carbons (Fsp3) is 0.250. The van der Waals surface area contributed by atoms with Gasteiger partial charge in [-0.05, 0) is 31.2 Å². The highest BCUT2D eigenvalue weighted by atomic mass is 19.1. The number of hydrogen-bond acceptors (Lipinski definition) is 3. The first-order chi connectivity index (χ1) is 10.1. The van der Waals surface area contributed by atoms with Gasteiger partial charge in [0.05, 0.1) is 12.1 Å². The molecular formula is C16H17FN2O2. The van der Waals surface area contributed by atoms with Crippen LogP contribution in [-0.2, 0) is 0 Å². The molecule has 1 aromatic carbocycles. The maximum atomic E-state index is 13.4. The lowest BCUT2D eigenvalue weighted by atomic mass is 10.2. The number of hydrogen-bond donors (Lipinski definition) is 0. The summed E-state index contributed by atoms with van der Waals surface area (Å²) in [6, 6.07) is 10.6. The fourth-order valence-electron chi connectivity index (χ4n) is 1.79. The van der Waals surface area contributed by atoms with Crippen LogP contribution in [0, 0.1) is 12.9 Å². The number of halogens is 1. The van der Waals surface area contributed by atoms with E-state index in [-0.39, 0.29) is 5.56 Å². The first-order valence-electron chi connectivity index (χ1n) is 6.63. The van der Waals surface area contributed by atoms with Crippen molar-refractivity contribution in [2.75, 3.05) is 20.2 Å². The SMILES string of the molecule is Cc1ccc(OCCN(C)C(=O)c2cccnc2F)cc1. The molecule has 0 aliphatic rings. The van der Waals surface area contributed by atoms with Crippen LogP contribution in [0.15, 0.2) is 42.6 Å². The zero-order valence-electron chi connectivity index (χ0n) is 12.0. The molecule has 4 nitrogen and oxygen atoms in total. The minimum absolute atomic E-state index is 0.0321. The van der Waals surface area contributed by atoms with Gasteiger partial charge in [0, 0.05) is 13.2 Å². The molecule has 0 aliphatic carbocycles. The number of carbonyl (C=O) groups excluding carboxylic acids is 1. The zero-order chi connectivity index (χ0) is 15.2. The van der Waals surface area contributed by atoms with Gasteiger partial charge in [0.1, 0.15) is 12.4 Å². The molecule has 1 heterocycles. The van der Waals surface area contributed by atoms with E-state index in [9.17, 15) is 9.18 Å². The van der Waals surface area contributed by atoms with Crippen molar-refractivity contribution in [2.45, 2.75) is 6.92 Å². The molecule has 0 aliphatic heterocycles. The Labute approximate surface area is 123 Å². The predicted molar refractivity (Wildman–Crippen MR) is 77.8 cm³/mol. The number of rotatable bonds is 5. The lowest BCUT2D eigenvalue weighted by Gasteiger charge is -2.17. The van der Waals surface area contributed by atoms with E-state index in [1.807, 2.05) is 31.2 Å². The highest BCUT2D eigenvalue weighted by Crippen LogP contribution is 2.11. The van der Waals surface area contributed by atoms with Crippen LogP contribution < -0.4 is 4.74 Å². The molecule has 0 saturated carbocycles. The maximum Gasteiger partial charge on any atom is 0.258 e. The van der Waals surface area contributed by atoms with Crippen LogP contribution in [0.4, 0.5) is 4.39 Å². The van der Waals surface area contributed by atoms with E-state index in [1.165, 1.54) is 23.2 Å². The van der Waals surface area contributed by atoms with Crippen molar-refractivity contribution >= 4 is 5.91 Å². The van der Waals surface area contributed by atoms with Crippen LogP contribution in [0.2, 0.25) is 0 Å². The van der Waals surface area contributed by atoms with Gasteiger partial charge in [-0.3, -0.25) is 4.79 Å². The quantitative estimate of drug-likeness (QED) is 0.794. The normalized spacial score (nSPS) is 10.2. The Kier molecular flexibility index (Phi) is 4.87. The Morgan fingerprint density at radius 1 is 1.29 bits per heavy atom. The number of likely N-dealkylation sites (N-methyl/N-ethyl adjacent to an activating group) is 1. The van der Waals surface area contributed by atoms with Gasteiger partial charge in [-0.15, -0.1) is 0 Å². The molecule has 1 aromatic heterocycles. The third kappa shape index (κ3) is 4.02. The second-order valence-corrected chi connectivity index (χ2v) is 4.73. The van der Waals surface area contributed by atoms with Crippen LogP contribution in [0.25, 0.3) is 0 Å². The van der Waals surface area contributed by atoms with E-state index in [0.29, 0.717) is 13.2 Å². The number of amides is 1. The lowest BCUT2D eigenvalue weighted by molar-refractivity contribution is 0.0768. The summed E-state index contributed by atoms with van der Waals surface area (Å²) in [5.41, 5.74) is 1.12. The monoisotopic (exact) mass is 288 g/mol. The third-order valence-corrected chi connectivity index (χ3v) is 3.05. The molecule has 0 spiro atoms. The summed E-state index contributed by atoms with van der Waals surface area (Å²) in [4.78, 5) is 16.9. The molecule has 0 unspecified atom stereocenters. The predicted octanol–water partition coefficient (Wildman–Crippen LogP) is 2.68. The minimum atomic E-state index is -0.756. The van der Waals surface area contributed by atoms with Gasteiger partial charge >= 0.3 is 0 Å². The van der Waals surface area contributed by atoms with Gasteiger partial charge in [-0.1, -0.05) is 17.7 Å². The molecule has 1 amide bonds. The molecule has 0 bridgehead atoms. The topological polar surface area (TPSA) is 42.4 Å². The molecule has 5 heteroatoms. The summed E-state index contributed by atoms with van der Waals surface area (Å²) in [5, 5.41) is 0. The molecule has 110 valence electrons. The Bertz CT molecular complexity index is 614. The van der Waals surface area contributed by atoms with Gasteiger partial charge in [-0.25, -0.2) is 4.98 Å². The number of aromatic nitrogens is 1. The molecule has 0 N–H and O–H groups in total. The second kappa shape index (κ2) is 6.83. The second-order valence-electron chi connectivity index (χ2n) is 4.73. The molecular weight excluding hydrogens is 271 g/mol. The van der Waals surface area contributed by atoms with E-state index in [4.69, 9.17) is 4.74 Å². The zero-order valence-corrected chi connectivity index (χ0v) is 12.0. The van der Waals surface area contributed by atoms with Crippen molar-refractivity contribution < 1.29 is 13.9 Å². The summed E-state index contributed by atoms with van der Waals surface area (Å²) in [7, 11) is 1.60. The van der Waals surface area contributed by atoms with Gasteiger partial charge in [0.15, 0.2) is 0 Å². The van der Waals surface area contributed by atoms with Crippen molar-refractivity contribution in [2.24, 2.45) is 0 Å². The average Bonchev–Trinajstić information content (AvgIpc) is 2.49. The standard InChI is InChI=1S/C16H17FN2O2/c1-12-5-7-13(8-6-12)21-11-10-19(2)16(20)14-4-3-9-18-15(14)17/h3-9H,10-11H2,1-2H3. The molecule has 2 rings (SSSR count). The van der Waals surface area contributed by atoms with Crippen LogP contribution in [-0.4, -0.2) is 36.0 Å². The molecule has 0 atom stereocenters. The highest BCUT2D eigenvalue weighted by Gasteiger charge is 2.16. The van der Waals surface area contributed by atoms with Crippen molar-refractivity contribution in [3.63, 3.8) is 0 Å². The number of ether oxygens (including phenoxy) is 1. The van der Waals surface area contributed by atoms with E-state index < -0.39 is 11.9 Å². The van der Waals surface area contributed by atoms with Crippen molar-refractivity contribution in [1.29, 1.82) is 0 Å².